The number of amides is 1. The van der Waals surface area contributed by atoms with E-state index in [9.17, 15) is 4.79 Å². The molecule has 1 aromatic heterocycles. The molecule has 0 aromatic carbocycles. The Labute approximate surface area is 185 Å². The van der Waals surface area contributed by atoms with Crippen LogP contribution >= 0.6 is 0 Å². The molecule has 2 fully saturated rings. The van der Waals surface area contributed by atoms with Crippen molar-refractivity contribution in [3.05, 3.63) is 29.2 Å². The SMILES string of the molecule is CCC1CCCN1C(=O)OC/C(=C(/N)c1ccc(OC2CCCCC2)c(C)n1)N(C)N. The Morgan fingerprint density at radius 1 is 1.23 bits per heavy atom. The number of likely N-dealkylation sites (N-methyl/N-ethyl adjacent to an activating group) is 1. The maximum atomic E-state index is 12.5. The molecule has 1 unspecified atom stereocenters. The fourth-order valence-electron chi connectivity index (χ4n) is 4.42. The number of likely N-dealkylation sites (tertiary alicyclic amines) is 1. The van der Waals surface area contributed by atoms with Gasteiger partial charge in [-0.1, -0.05) is 13.3 Å². The Kier molecular flexibility index (Phi) is 8.01. The van der Waals surface area contributed by atoms with Gasteiger partial charge in [-0.3, -0.25) is 0 Å². The number of hydrogen-bond donors (Lipinski definition) is 2. The molecule has 1 amide bonds. The molecule has 31 heavy (non-hydrogen) atoms. The van der Waals surface area contributed by atoms with Crippen molar-refractivity contribution in [2.75, 3.05) is 20.2 Å². The molecule has 172 valence electrons. The monoisotopic (exact) mass is 431 g/mol. The van der Waals surface area contributed by atoms with Crippen LogP contribution in [0.2, 0.25) is 0 Å². The highest BCUT2D eigenvalue weighted by Crippen LogP contribution is 2.26. The quantitative estimate of drug-likeness (QED) is 0.502. The number of hydrogen-bond acceptors (Lipinski definition) is 7. The number of aryl methyl sites for hydroxylation is 1. The molecule has 0 bridgehead atoms. The second kappa shape index (κ2) is 10.7. The molecule has 0 spiro atoms. The minimum absolute atomic E-state index is 0.00828. The predicted molar refractivity (Wildman–Crippen MR) is 121 cm³/mol. The summed E-state index contributed by atoms with van der Waals surface area (Å²) in [5.41, 5.74) is 8.65. The van der Waals surface area contributed by atoms with Crippen LogP contribution in [-0.2, 0) is 4.74 Å². The van der Waals surface area contributed by atoms with Crippen LogP contribution in [0.15, 0.2) is 17.8 Å². The zero-order valence-corrected chi connectivity index (χ0v) is 19.1. The first kappa shape index (κ1) is 23.2. The third kappa shape index (κ3) is 5.81. The minimum atomic E-state index is -0.322. The summed E-state index contributed by atoms with van der Waals surface area (Å²) >= 11 is 0. The van der Waals surface area contributed by atoms with Gasteiger partial charge in [-0.25, -0.2) is 15.6 Å². The highest BCUT2D eigenvalue weighted by molar-refractivity contribution is 5.69. The van der Waals surface area contributed by atoms with Crippen LogP contribution in [-0.4, -0.2) is 53.3 Å². The smallest absolute Gasteiger partial charge is 0.410 e. The van der Waals surface area contributed by atoms with Gasteiger partial charge in [0.25, 0.3) is 0 Å². The van der Waals surface area contributed by atoms with Gasteiger partial charge in [0, 0.05) is 19.6 Å². The van der Waals surface area contributed by atoms with Gasteiger partial charge in [0.2, 0.25) is 0 Å². The Morgan fingerprint density at radius 2 is 1.97 bits per heavy atom. The number of carbonyl (C=O) groups is 1. The van der Waals surface area contributed by atoms with Crippen molar-refractivity contribution in [2.45, 2.75) is 77.4 Å². The van der Waals surface area contributed by atoms with Crippen molar-refractivity contribution in [3.63, 3.8) is 0 Å². The van der Waals surface area contributed by atoms with E-state index >= 15 is 0 Å². The molecule has 1 aliphatic heterocycles. The maximum absolute atomic E-state index is 12.5. The summed E-state index contributed by atoms with van der Waals surface area (Å²) < 4.78 is 11.7. The van der Waals surface area contributed by atoms with Gasteiger partial charge in [-0.2, -0.15) is 0 Å². The van der Waals surface area contributed by atoms with Gasteiger partial charge in [-0.15, -0.1) is 0 Å². The Bertz CT molecular complexity index is 789. The highest BCUT2D eigenvalue weighted by Gasteiger charge is 2.29. The Balaban J connectivity index is 1.69. The second-order valence-electron chi connectivity index (χ2n) is 8.58. The van der Waals surface area contributed by atoms with Gasteiger partial charge in [0.15, 0.2) is 0 Å². The molecule has 3 rings (SSSR count). The van der Waals surface area contributed by atoms with E-state index in [2.05, 4.69) is 11.9 Å². The molecule has 8 nitrogen and oxygen atoms in total. The minimum Gasteiger partial charge on any atom is -0.489 e. The summed E-state index contributed by atoms with van der Waals surface area (Å²) in [5.74, 6) is 6.79. The molecule has 8 heteroatoms. The van der Waals surface area contributed by atoms with Crippen LogP contribution in [0, 0.1) is 6.92 Å². The lowest BCUT2D eigenvalue weighted by Gasteiger charge is -2.25. The van der Waals surface area contributed by atoms with Gasteiger partial charge in [0.1, 0.15) is 12.4 Å². The lowest BCUT2D eigenvalue weighted by atomic mass is 9.98. The highest BCUT2D eigenvalue weighted by atomic mass is 16.6. The lowest BCUT2D eigenvalue weighted by Crippen LogP contribution is -2.37. The van der Waals surface area contributed by atoms with Crippen LogP contribution in [0.1, 0.15) is 69.7 Å². The van der Waals surface area contributed by atoms with Crippen LogP contribution in [0.5, 0.6) is 5.75 Å². The van der Waals surface area contributed by atoms with E-state index in [0.717, 1.165) is 50.1 Å². The maximum Gasteiger partial charge on any atom is 0.410 e. The molecule has 2 heterocycles. The first-order valence-electron chi connectivity index (χ1n) is 11.5. The van der Waals surface area contributed by atoms with Crippen LogP contribution in [0.4, 0.5) is 4.79 Å². The van der Waals surface area contributed by atoms with Crippen molar-refractivity contribution >= 4 is 11.8 Å². The summed E-state index contributed by atoms with van der Waals surface area (Å²) in [6.45, 7) is 4.72. The zero-order valence-electron chi connectivity index (χ0n) is 19.1. The standard InChI is InChI=1S/C23H37N5O3/c1-4-17-9-8-14-28(17)23(29)30-15-20(27(3)25)22(24)19-12-13-21(16(2)26-19)31-18-10-6-5-7-11-18/h12-13,17-18H,4-11,14-15,24-25H2,1-3H3/b22-20-. The van der Waals surface area contributed by atoms with Crippen molar-refractivity contribution in [3.8, 4) is 5.75 Å². The summed E-state index contributed by atoms with van der Waals surface area (Å²) in [4.78, 5) is 19.0. The fourth-order valence-corrected chi connectivity index (χ4v) is 4.42. The molecule has 1 saturated heterocycles. The number of ether oxygens (including phenoxy) is 2. The van der Waals surface area contributed by atoms with Crippen molar-refractivity contribution in [1.82, 2.24) is 14.9 Å². The van der Waals surface area contributed by atoms with Gasteiger partial charge in [0.05, 0.1) is 28.9 Å². The zero-order chi connectivity index (χ0) is 22.4. The van der Waals surface area contributed by atoms with E-state index < -0.39 is 0 Å². The third-order valence-corrected chi connectivity index (χ3v) is 6.31. The molecule has 1 aliphatic carbocycles. The molecule has 1 aromatic rings. The van der Waals surface area contributed by atoms with Gasteiger partial charge < -0.3 is 25.1 Å². The van der Waals surface area contributed by atoms with E-state index in [-0.39, 0.29) is 24.8 Å². The molecular formula is C23H37N5O3. The first-order chi connectivity index (χ1) is 14.9. The molecule has 1 atom stereocenters. The van der Waals surface area contributed by atoms with E-state index in [1.807, 2.05) is 19.1 Å². The third-order valence-electron chi connectivity index (χ3n) is 6.31. The Morgan fingerprint density at radius 3 is 2.61 bits per heavy atom. The van der Waals surface area contributed by atoms with E-state index in [1.165, 1.54) is 24.3 Å². The molecule has 2 aliphatic rings. The Hall–Kier alpha value is -2.48. The number of nitrogens with two attached hydrogens (primary N) is 2. The van der Waals surface area contributed by atoms with Crippen LogP contribution < -0.4 is 16.3 Å². The van der Waals surface area contributed by atoms with Gasteiger partial charge >= 0.3 is 6.09 Å². The van der Waals surface area contributed by atoms with Crippen molar-refractivity contribution in [2.24, 2.45) is 11.6 Å². The average molecular weight is 432 g/mol. The topological polar surface area (TPSA) is 107 Å². The van der Waals surface area contributed by atoms with Crippen molar-refractivity contribution < 1.29 is 14.3 Å². The van der Waals surface area contributed by atoms with E-state index in [0.29, 0.717) is 17.1 Å². The molecule has 0 radical (unpaired) electrons. The summed E-state index contributed by atoms with van der Waals surface area (Å²) in [5, 5.41) is 1.38. The van der Waals surface area contributed by atoms with E-state index in [4.69, 9.17) is 21.1 Å². The number of hydrazine groups is 1. The largest absolute Gasteiger partial charge is 0.489 e. The number of carbonyl (C=O) groups excluding carboxylic acids is 1. The number of rotatable bonds is 7. The first-order valence-corrected chi connectivity index (χ1v) is 11.5. The number of pyridine rings is 1. The average Bonchev–Trinajstić information content (AvgIpc) is 3.24. The molecule has 1 saturated carbocycles. The van der Waals surface area contributed by atoms with Crippen LogP contribution in [0.25, 0.3) is 5.70 Å². The van der Waals surface area contributed by atoms with Gasteiger partial charge in [-0.05, 0) is 64.0 Å². The van der Waals surface area contributed by atoms with Crippen LogP contribution in [0.3, 0.4) is 0 Å². The molecule has 4 N–H and O–H groups in total. The second-order valence-corrected chi connectivity index (χ2v) is 8.58. The number of aromatic nitrogens is 1. The predicted octanol–water partition coefficient (Wildman–Crippen LogP) is 3.55. The fraction of sp³-hybridized carbons (Fsp3) is 0.652. The van der Waals surface area contributed by atoms with Crippen molar-refractivity contribution in [1.29, 1.82) is 0 Å². The summed E-state index contributed by atoms with van der Waals surface area (Å²) in [6, 6.07) is 3.99. The van der Waals surface area contributed by atoms with E-state index in [1.54, 1.807) is 11.9 Å². The summed E-state index contributed by atoms with van der Waals surface area (Å²) in [6.07, 6.45) is 8.79. The number of nitrogens with zero attached hydrogens (tertiary/aromatic N) is 3. The lowest BCUT2D eigenvalue weighted by molar-refractivity contribution is 0.0997. The normalized spacial score (nSPS) is 20.4. The summed E-state index contributed by atoms with van der Waals surface area (Å²) in [7, 11) is 1.67. The molecular weight excluding hydrogens is 394 g/mol.